The van der Waals surface area contributed by atoms with Gasteiger partial charge in [0.05, 0.1) is 0 Å². The first kappa shape index (κ1) is 69.3. The van der Waals surface area contributed by atoms with E-state index in [4.69, 9.17) is 14.2 Å². The Balaban J connectivity index is 4.19. The molecule has 0 heterocycles. The highest BCUT2D eigenvalue weighted by atomic mass is 16.6. The first-order valence-electron chi connectivity index (χ1n) is 30.7. The molecule has 0 saturated carbocycles. The van der Waals surface area contributed by atoms with Crippen molar-refractivity contribution in [3.05, 3.63) is 97.2 Å². The van der Waals surface area contributed by atoms with Crippen LogP contribution in [0.3, 0.4) is 0 Å². The van der Waals surface area contributed by atoms with Gasteiger partial charge in [-0.25, -0.2) is 0 Å². The van der Waals surface area contributed by atoms with Gasteiger partial charge in [-0.15, -0.1) is 0 Å². The molecule has 0 aliphatic rings. The van der Waals surface area contributed by atoms with E-state index in [0.29, 0.717) is 19.3 Å². The molecule has 0 bridgehead atoms. The Morgan fingerprint density at radius 2 is 0.534 bits per heavy atom. The van der Waals surface area contributed by atoms with E-state index in [1.54, 1.807) is 0 Å². The molecule has 0 aliphatic heterocycles. The number of esters is 3. The van der Waals surface area contributed by atoms with E-state index in [2.05, 4.69) is 118 Å². The van der Waals surface area contributed by atoms with E-state index < -0.39 is 6.10 Å². The van der Waals surface area contributed by atoms with E-state index in [9.17, 15) is 14.4 Å². The summed E-state index contributed by atoms with van der Waals surface area (Å²) in [5.41, 5.74) is 0. The fourth-order valence-corrected chi connectivity index (χ4v) is 8.48. The zero-order chi connectivity index (χ0) is 52.9. The van der Waals surface area contributed by atoms with Crippen molar-refractivity contribution in [3.63, 3.8) is 0 Å². The summed E-state index contributed by atoms with van der Waals surface area (Å²) in [6.45, 7) is 6.48. The number of carbonyl (C=O) groups is 3. The van der Waals surface area contributed by atoms with E-state index >= 15 is 0 Å². The van der Waals surface area contributed by atoms with E-state index in [1.165, 1.54) is 141 Å². The van der Waals surface area contributed by atoms with Crippen molar-refractivity contribution in [1.29, 1.82) is 0 Å². The van der Waals surface area contributed by atoms with Gasteiger partial charge in [-0.3, -0.25) is 14.4 Å². The highest BCUT2D eigenvalue weighted by molar-refractivity contribution is 5.71. The predicted molar refractivity (Wildman–Crippen MR) is 316 cm³/mol. The minimum Gasteiger partial charge on any atom is -0.462 e. The van der Waals surface area contributed by atoms with Crippen molar-refractivity contribution in [2.75, 3.05) is 13.2 Å². The lowest BCUT2D eigenvalue weighted by molar-refractivity contribution is -0.167. The molecular formula is C67H114O6. The summed E-state index contributed by atoms with van der Waals surface area (Å²) in [7, 11) is 0. The van der Waals surface area contributed by atoms with Gasteiger partial charge in [0.1, 0.15) is 13.2 Å². The lowest BCUT2D eigenvalue weighted by Gasteiger charge is -2.18. The van der Waals surface area contributed by atoms with Crippen LogP contribution in [-0.2, 0) is 28.6 Å². The van der Waals surface area contributed by atoms with Crippen LogP contribution in [0, 0.1) is 0 Å². The van der Waals surface area contributed by atoms with Crippen molar-refractivity contribution >= 4 is 17.9 Å². The van der Waals surface area contributed by atoms with Gasteiger partial charge in [0, 0.05) is 19.3 Å². The maximum atomic E-state index is 12.8. The van der Waals surface area contributed by atoms with Gasteiger partial charge in [-0.05, 0) is 103 Å². The standard InChI is InChI=1S/C67H114O6/c1-4-7-10-13-16-18-20-22-24-26-28-30-31-32-33-34-35-37-38-40-42-44-46-48-51-54-57-60-66(69)72-63-64(62-71-65(68)59-56-53-50-15-12-9-6-3)73-67(70)61-58-55-52-49-47-45-43-41-39-36-29-27-25-23-21-19-17-14-11-8-5-2/h7,10,16,18,21-24,27-30,32-33,35,37,64H,4-6,8-9,11-15,17,19-20,25-26,31,34,36,38-63H2,1-3H3/b10-7-,18-16-,23-21-,24-22-,29-27-,30-28-,33-32-,37-35-. The summed E-state index contributed by atoms with van der Waals surface area (Å²) < 4.78 is 16.8. The molecule has 0 aliphatic carbocycles. The van der Waals surface area contributed by atoms with Crippen molar-refractivity contribution in [1.82, 2.24) is 0 Å². The number of carbonyl (C=O) groups excluding carboxylic acids is 3. The van der Waals surface area contributed by atoms with Gasteiger partial charge in [-0.1, -0.05) is 266 Å². The molecule has 0 rings (SSSR count). The number of unbranched alkanes of at least 4 members (excludes halogenated alkanes) is 28. The number of hydrogen-bond donors (Lipinski definition) is 0. The zero-order valence-corrected chi connectivity index (χ0v) is 47.9. The molecule has 6 heteroatoms. The van der Waals surface area contributed by atoms with Gasteiger partial charge >= 0.3 is 17.9 Å². The van der Waals surface area contributed by atoms with Gasteiger partial charge in [0.2, 0.25) is 0 Å². The molecule has 73 heavy (non-hydrogen) atoms. The normalized spacial score (nSPS) is 12.8. The van der Waals surface area contributed by atoms with Crippen LogP contribution < -0.4 is 0 Å². The summed E-state index contributed by atoms with van der Waals surface area (Å²) >= 11 is 0. The Hall–Kier alpha value is -3.67. The lowest BCUT2D eigenvalue weighted by Crippen LogP contribution is -2.30. The highest BCUT2D eigenvalue weighted by Crippen LogP contribution is 2.15. The molecule has 0 radical (unpaired) electrons. The smallest absolute Gasteiger partial charge is 0.306 e. The van der Waals surface area contributed by atoms with Crippen molar-refractivity contribution in [3.8, 4) is 0 Å². The highest BCUT2D eigenvalue weighted by Gasteiger charge is 2.19. The van der Waals surface area contributed by atoms with Crippen LogP contribution in [0.4, 0.5) is 0 Å². The van der Waals surface area contributed by atoms with E-state index in [1.807, 2.05) is 0 Å². The minimum atomic E-state index is -0.781. The Morgan fingerprint density at radius 3 is 0.836 bits per heavy atom. The monoisotopic (exact) mass is 1010 g/mol. The molecule has 1 atom stereocenters. The summed E-state index contributed by atoms with van der Waals surface area (Å²) in [6, 6.07) is 0. The fraction of sp³-hybridized carbons (Fsp3) is 0.716. The molecule has 0 aromatic carbocycles. The fourth-order valence-electron chi connectivity index (χ4n) is 8.48. The number of rotatable bonds is 55. The zero-order valence-electron chi connectivity index (χ0n) is 47.9. The third-order valence-electron chi connectivity index (χ3n) is 13.1. The topological polar surface area (TPSA) is 78.9 Å². The van der Waals surface area contributed by atoms with Crippen LogP contribution in [0.25, 0.3) is 0 Å². The predicted octanol–water partition coefficient (Wildman–Crippen LogP) is 20.9. The largest absolute Gasteiger partial charge is 0.462 e. The average molecular weight is 1020 g/mol. The van der Waals surface area contributed by atoms with Crippen LogP contribution >= 0.6 is 0 Å². The SMILES string of the molecule is CC/C=C\C/C=C\C/C=C\C/C=C\C/C=C\C/C=C\CCCCCCCCCCC(=O)OCC(COC(=O)CCCCCCCCC)OC(=O)CCCCCCCCCCC/C=C\C/C=C\CCCCCCC. The molecule has 0 aromatic heterocycles. The van der Waals surface area contributed by atoms with Crippen LogP contribution in [0.1, 0.15) is 290 Å². The molecule has 1 unspecified atom stereocenters. The van der Waals surface area contributed by atoms with Gasteiger partial charge in [-0.2, -0.15) is 0 Å². The molecule has 0 saturated heterocycles. The number of ether oxygens (including phenoxy) is 3. The molecular weight excluding hydrogens is 901 g/mol. The second kappa shape index (κ2) is 60.9. The Bertz CT molecular complexity index is 1440. The quantitative estimate of drug-likeness (QED) is 0.0261. The average Bonchev–Trinajstić information content (AvgIpc) is 3.39. The van der Waals surface area contributed by atoms with Crippen molar-refractivity contribution < 1.29 is 28.6 Å². The maximum absolute atomic E-state index is 12.8. The molecule has 418 valence electrons. The molecule has 0 aromatic rings. The summed E-state index contributed by atoms with van der Waals surface area (Å²) in [6.07, 6.45) is 81.4. The second-order valence-corrected chi connectivity index (χ2v) is 20.2. The molecule has 0 fully saturated rings. The maximum Gasteiger partial charge on any atom is 0.306 e. The second-order valence-electron chi connectivity index (χ2n) is 20.2. The van der Waals surface area contributed by atoms with Crippen molar-refractivity contribution in [2.24, 2.45) is 0 Å². The molecule has 0 spiro atoms. The Kier molecular flexibility index (Phi) is 57.8. The molecule has 6 nitrogen and oxygen atoms in total. The molecule has 0 amide bonds. The molecule has 0 N–H and O–H groups in total. The van der Waals surface area contributed by atoms with Gasteiger partial charge < -0.3 is 14.2 Å². The third-order valence-corrected chi connectivity index (χ3v) is 13.1. The first-order valence-corrected chi connectivity index (χ1v) is 30.7. The number of hydrogen-bond acceptors (Lipinski definition) is 6. The lowest BCUT2D eigenvalue weighted by atomic mass is 10.1. The summed E-state index contributed by atoms with van der Waals surface area (Å²) in [4.78, 5) is 38.0. The number of allylic oxidation sites excluding steroid dienone is 16. The van der Waals surface area contributed by atoms with E-state index in [0.717, 1.165) is 109 Å². The van der Waals surface area contributed by atoms with Crippen molar-refractivity contribution in [2.45, 2.75) is 297 Å². The van der Waals surface area contributed by atoms with Crippen LogP contribution in [0.15, 0.2) is 97.2 Å². The summed E-state index contributed by atoms with van der Waals surface area (Å²) in [5, 5.41) is 0. The van der Waals surface area contributed by atoms with Crippen LogP contribution in [-0.4, -0.2) is 37.2 Å². The van der Waals surface area contributed by atoms with Gasteiger partial charge in [0.15, 0.2) is 6.10 Å². The Morgan fingerprint density at radius 1 is 0.288 bits per heavy atom. The third kappa shape index (κ3) is 59.1. The van der Waals surface area contributed by atoms with Crippen LogP contribution in [0.5, 0.6) is 0 Å². The summed E-state index contributed by atoms with van der Waals surface area (Å²) in [5.74, 6) is -0.894. The van der Waals surface area contributed by atoms with Crippen LogP contribution in [0.2, 0.25) is 0 Å². The van der Waals surface area contributed by atoms with Gasteiger partial charge in [0.25, 0.3) is 0 Å². The Labute approximate surface area is 451 Å². The van der Waals surface area contributed by atoms with E-state index in [-0.39, 0.29) is 31.1 Å². The first-order chi connectivity index (χ1) is 36.0. The minimum absolute atomic E-state index is 0.0807.